The summed E-state index contributed by atoms with van der Waals surface area (Å²) in [5, 5.41) is -0.212. The zero-order valence-electron chi connectivity index (χ0n) is 29.4. The summed E-state index contributed by atoms with van der Waals surface area (Å²) < 4.78 is 24.5. The Morgan fingerprint density at radius 2 is 0.942 bits per heavy atom. The van der Waals surface area contributed by atoms with E-state index in [2.05, 4.69) is 92.5 Å². The first-order chi connectivity index (χ1) is 25.2. The van der Waals surface area contributed by atoms with E-state index in [1.807, 2.05) is 48.5 Å². The summed E-state index contributed by atoms with van der Waals surface area (Å²) in [6.45, 7) is 0. The van der Waals surface area contributed by atoms with Crippen molar-refractivity contribution in [3.05, 3.63) is 143 Å². The van der Waals surface area contributed by atoms with Gasteiger partial charge in [0.2, 0.25) is 10.2 Å². The van der Waals surface area contributed by atoms with Crippen LogP contribution in [0.4, 0.5) is 0 Å². The number of alkyl halides is 2. The highest BCUT2D eigenvalue weighted by Gasteiger charge is 2.61. The third-order valence-electron chi connectivity index (χ3n) is 11.2. The van der Waals surface area contributed by atoms with E-state index in [0.29, 0.717) is 0 Å². The summed E-state index contributed by atoms with van der Waals surface area (Å²) in [7, 11) is 3.12. The van der Waals surface area contributed by atoms with Gasteiger partial charge in [0.25, 0.3) is 11.6 Å². The van der Waals surface area contributed by atoms with Crippen molar-refractivity contribution >= 4 is 65.6 Å². The Morgan fingerprint density at radius 1 is 0.596 bits per heavy atom. The van der Waals surface area contributed by atoms with E-state index in [4.69, 9.17) is 18.9 Å². The molecule has 2 heterocycles. The predicted molar refractivity (Wildman–Crippen MR) is 215 cm³/mol. The highest BCUT2D eigenvalue weighted by molar-refractivity contribution is 9.09. The quantitative estimate of drug-likeness (QED) is 0.178. The third-order valence-corrected chi connectivity index (χ3v) is 14.9. The van der Waals surface area contributed by atoms with Crippen LogP contribution in [-0.4, -0.2) is 58.2 Å². The lowest BCUT2D eigenvalue weighted by Crippen LogP contribution is -2.57. The van der Waals surface area contributed by atoms with E-state index in [1.165, 1.54) is 33.4 Å². The minimum absolute atomic E-state index is 0.106. The summed E-state index contributed by atoms with van der Waals surface area (Å²) in [5.41, 5.74) is 7.35. The molecule has 2 saturated heterocycles. The number of hydrogen-bond acceptors (Lipinski definition) is 8. The number of ether oxygens (including phenoxy) is 4. The van der Waals surface area contributed by atoms with Crippen molar-refractivity contribution in [3.8, 4) is 0 Å². The Labute approximate surface area is 331 Å². The van der Waals surface area contributed by atoms with Crippen molar-refractivity contribution in [2.45, 2.75) is 58.1 Å². The molecule has 2 aliphatic heterocycles. The van der Waals surface area contributed by atoms with Gasteiger partial charge in [-0.25, -0.2) is 0 Å². The van der Waals surface area contributed by atoms with Gasteiger partial charge in [0, 0.05) is 37.9 Å². The number of methoxy groups -OCH3 is 2. The maximum atomic E-state index is 12.9. The number of rotatable bonds is 6. The van der Waals surface area contributed by atoms with Crippen molar-refractivity contribution in [2.24, 2.45) is 11.8 Å². The van der Waals surface area contributed by atoms with Gasteiger partial charge in [0.05, 0.1) is 21.9 Å². The molecule has 0 amide bonds. The lowest BCUT2D eigenvalue weighted by molar-refractivity contribution is -0.259. The van der Waals surface area contributed by atoms with Crippen LogP contribution in [0.3, 0.4) is 0 Å². The summed E-state index contributed by atoms with van der Waals surface area (Å²) in [6.07, 6.45) is 5.13. The number of carbonyl (C=O) groups excluding carboxylic acids is 2. The molecule has 0 radical (unpaired) electrons. The van der Waals surface area contributed by atoms with Crippen LogP contribution in [0.1, 0.15) is 57.4 Å². The van der Waals surface area contributed by atoms with Gasteiger partial charge in [-0.3, -0.25) is 9.59 Å². The average molecular weight is 867 g/mol. The van der Waals surface area contributed by atoms with E-state index in [1.54, 1.807) is 26.7 Å². The monoisotopic (exact) mass is 864 g/mol. The Balaban J connectivity index is 0.000000162. The molecular weight excluding hydrogens is 824 g/mol. The van der Waals surface area contributed by atoms with Crippen LogP contribution >= 0.6 is 55.4 Å². The number of fused-ring (bicyclic) bond motifs is 6. The normalized spacial score (nSPS) is 32.7. The molecule has 2 aliphatic carbocycles. The molecule has 0 bridgehead atoms. The number of hydrogen-bond donors (Lipinski definition) is 0. The van der Waals surface area contributed by atoms with Gasteiger partial charge in [0.15, 0.2) is 0 Å². The molecule has 6 nitrogen and oxygen atoms in total. The molecule has 2 fully saturated rings. The lowest BCUT2D eigenvalue weighted by Gasteiger charge is -2.48. The zero-order valence-corrected chi connectivity index (χ0v) is 34.3. The van der Waals surface area contributed by atoms with Gasteiger partial charge in [-0.05, 0) is 58.7 Å². The van der Waals surface area contributed by atoms with Crippen molar-refractivity contribution in [2.75, 3.05) is 26.7 Å². The lowest BCUT2D eigenvalue weighted by atomic mass is 9.76. The largest absolute Gasteiger partial charge is 0.345 e. The Kier molecular flexibility index (Phi) is 11.6. The molecule has 0 N–H and O–H groups in total. The van der Waals surface area contributed by atoms with Gasteiger partial charge in [0.1, 0.15) is 0 Å². The molecule has 10 heteroatoms. The molecule has 4 aromatic rings. The molecule has 0 aromatic heterocycles. The molecule has 0 saturated carbocycles. The van der Waals surface area contributed by atoms with Gasteiger partial charge in [-0.1, -0.05) is 165 Å². The second-order valence-corrected chi connectivity index (χ2v) is 17.1. The van der Waals surface area contributed by atoms with E-state index in [9.17, 15) is 9.59 Å². The molecule has 272 valence electrons. The highest BCUT2D eigenvalue weighted by atomic mass is 79.9. The van der Waals surface area contributed by atoms with Crippen LogP contribution in [0.15, 0.2) is 109 Å². The fraction of sp³-hybridized carbons (Fsp3) is 0.381. The van der Waals surface area contributed by atoms with Crippen LogP contribution < -0.4 is 0 Å². The fourth-order valence-electron chi connectivity index (χ4n) is 8.80. The molecule has 0 spiro atoms. The maximum absolute atomic E-state index is 12.9. The van der Waals surface area contributed by atoms with Crippen molar-refractivity contribution in [3.63, 3.8) is 0 Å². The topological polar surface area (TPSA) is 71.1 Å². The van der Waals surface area contributed by atoms with Crippen LogP contribution in [0, 0.1) is 11.8 Å². The van der Waals surface area contributed by atoms with E-state index in [-0.39, 0.29) is 55.8 Å². The number of halogens is 2. The van der Waals surface area contributed by atoms with E-state index in [0.717, 1.165) is 36.4 Å². The second-order valence-electron chi connectivity index (χ2n) is 13.6. The van der Waals surface area contributed by atoms with Gasteiger partial charge < -0.3 is 18.9 Å². The first-order valence-corrected chi connectivity index (χ1v) is 21.7. The van der Waals surface area contributed by atoms with Gasteiger partial charge in [-0.2, -0.15) is 0 Å². The Hall–Kier alpha value is -2.28. The third kappa shape index (κ3) is 6.39. The fourth-order valence-corrected chi connectivity index (χ4v) is 12.6. The van der Waals surface area contributed by atoms with E-state index >= 15 is 0 Å². The predicted octanol–water partition coefficient (Wildman–Crippen LogP) is 9.42. The van der Waals surface area contributed by atoms with Crippen LogP contribution in [0.5, 0.6) is 0 Å². The van der Waals surface area contributed by atoms with Gasteiger partial charge >= 0.3 is 0 Å². The Morgan fingerprint density at radius 3 is 1.29 bits per heavy atom. The van der Waals surface area contributed by atoms with Crippen LogP contribution in [0.2, 0.25) is 0 Å². The minimum Gasteiger partial charge on any atom is -0.345 e. The van der Waals surface area contributed by atoms with Crippen LogP contribution in [-0.2, 0) is 41.4 Å². The summed E-state index contributed by atoms with van der Waals surface area (Å²) in [5.74, 6) is -1.87. The average Bonchev–Trinajstić information content (AvgIpc) is 3.75. The number of thioether (sulfide) groups is 2. The summed E-state index contributed by atoms with van der Waals surface area (Å²) >= 11 is 9.93. The van der Waals surface area contributed by atoms with Crippen molar-refractivity contribution < 1.29 is 28.5 Å². The maximum Gasteiger partial charge on any atom is 0.253 e. The smallest absolute Gasteiger partial charge is 0.253 e. The van der Waals surface area contributed by atoms with Crippen molar-refractivity contribution in [1.29, 1.82) is 0 Å². The highest BCUT2D eigenvalue weighted by Crippen LogP contribution is 2.59. The summed E-state index contributed by atoms with van der Waals surface area (Å²) in [6, 6.07) is 37.5. The molecule has 10 atom stereocenters. The Bertz CT molecular complexity index is 1760. The first kappa shape index (κ1) is 38.0. The molecule has 52 heavy (non-hydrogen) atoms. The first-order valence-electron chi connectivity index (χ1n) is 17.4. The second kappa shape index (κ2) is 15.8. The van der Waals surface area contributed by atoms with E-state index < -0.39 is 11.6 Å². The standard InChI is InChI=1S/2C21H21BrO3S/c2*1-24-21(20(23)26-2)19(22)17(13-8-4-3-5-9-13)16-12-14-10-6-7-11-15(14)18(16)25-21/h2*3-11,16-19H,12H2,1-2H3/t2*16-,17+,18-,19-,21+/m00/s1. The number of carbonyl (C=O) groups is 2. The number of benzene rings is 4. The van der Waals surface area contributed by atoms with Gasteiger partial charge in [-0.15, -0.1) is 0 Å². The SMILES string of the molecule is CO[C@@]1(C(=O)SC)O[C@H]2c3ccccc3C[C@H]2[C@@H](c2ccccc2)[C@@H]1Br.CO[C@@]1(C(=O)SC)O[C@H]2c3ccccc3C[C@H]2[C@@H](c2ccccc2)[C@@H]1Br. The van der Waals surface area contributed by atoms with Crippen molar-refractivity contribution in [1.82, 2.24) is 0 Å². The molecule has 8 rings (SSSR count). The molecule has 4 aliphatic rings. The summed E-state index contributed by atoms with van der Waals surface area (Å²) in [4.78, 5) is 25.2. The minimum atomic E-state index is -1.31. The molecule has 4 aromatic carbocycles. The molecular formula is C42H42Br2O6S2. The zero-order chi connectivity index (χ0) is 36.6. The molecule has 0 unspecified atom stereocenters. The van der Waals surface area contributed by atoms with Crippen LogP contribution in [0.25, 0.3) is 0 Å².